The van der Waals surface area contributed by atoms with E-state index in [2.05, 4.69) is 11.9 Å². The highest BCUT2D eigenvalue weighted by Crippen LogP contribution is 2.22. The summed E-state index contributed by atoms with van der Waals surface area (Å²) in [6.45, 7) is 8.15. The van der Waals surface area contributed by atoms with E-state index in [0.29, 0.717) is 13.0 Å². The summed E-state index contributed by atoms with van der Waals surface area (Å²) in [5.74, 6) is 0. The van der Waals surface area contributed by atoms with Gasteiger partial charge in [0.1, 0.15) is 0 Å². The quantitative estimate of drug-likeness (QED) is 0.662. The molecular formula is C10H18F3N. The van der Waals surface area contributed by atoms with Crippen molar-refractivity contribution in [1.82, 2.24) is 5.32 Å². The molecule has 4 heteroatoms. The van der Waals surface area contributed by atoms with Gasteiger partial charge in [0.25, 0.3) is 0 Å². The standard InChI is InChI=1S/C10H18F3N/c1-8(2)7-14-9(3)5-4-6-10(11,12)13/h9,14H,1,4-7H2,2-3H3. The van der Waals surface area contributed by atoms with Gasteiger partial charge in [0.15, 0.2) is 0 Å². The molecule has 0 aliphatic rings. The first-order valence-corrected chi connectivity index (χ1v) is 4.76. The normalized spacial score (nSPS) is 14.1. The van der Waals surface area contributed by atoms with Gasteiger partial charge < -0.3 is 5.32 Å². The lowest BCUT2D eigenvalue weighted by molar-refractivity contribution is -0.135. The average molecular weight is 209 g/mol. The minimum absolute atomic E-state index is 0.119. The molecule has 0 aliphatic heterocycles. The number of hydrogen-bond donors (Lipinski definition) is 1. The minimum Gasteiger partial charge on any atom is -0.311 e. The Labute approximate surface area is 83.4 Å². The van der Waals surface area contributed by atoms with Crippen molar-refractivity contribution in [3.8, 4) is 0 Å². The van der Waals surface area contributed by atoms with Crippen molar-refractivity contribution < 1.29 is 13.2 Å². The summed E-state index contributed by atoms with van der Waals surface area (Å²) in [4.78, 5) is 0. The molecule has 1 unspecified atom stereocenters. The van der Waals surface area contributed by atoms with E-state index in [1.807, 2.05) is 13.8 Å². The largest absolute Gasteiger partial charge is 0.389 e. The second-order valence-electron chi connectivity index (χ2n) is 3.75. The highest BCUT2D eigenvalue weighted by atomic mass is 19.4. The van der Waals surface area contributed by atoms with Crippen LogP contribution in [0.25, 0.3) is 0 Å². The molecule has 0 rings (SSSR count). The maximum absolute atomic E-state index is 11.8. The molecule has 1 atom stereocenters. The van der Waals surface area contributed by atoms with E-state index in [0.717, 1.165) is 5.57 Å². The molecule has 0 fully saturated rings. The molecule has 0 saturated heterocycles. The van der Waals surface area contributed by atoms with E-state index in [4.69, 9.17) is 0 Å². The van der Waals surface area contributed by atoms with E-state index < -0.39 is 12.6 Å². The monoisotopic (exact) mass is 209 g/mol. The minimum atomic E-state index is -4.02. The van der Waals surface area contributed by atoms with Gasteiger partial charge in [-0.25, -0.2) is 0 Å². The highest BCUT2D eigenvalue weighted by molar-refractivity contribution is 4.91. The Morgan fingerprint density at radius 2 is 2.00 bits per heavy atom. The van der Waals surface area contributed by atoms with Crippen LogP contribution in [0, 0.1) is 0 Å². The van der Waals surface area contributed by atoms with Gasteiger partial charge in [-0.1, -0.05) is 12.2 Å². The van der Waals surface area contributed by atoms with Gasteiger partial charge in [0.2, 0.25) is 0 Å². The maximum atomic E-state index is 11.8. The van der Waals surface area contributed by atoms with Gasteiger partial charge in [-0.2, -0.15) is 13.2 Å². The smallest absolute Gasteiger partial charge is 0.311 e. The zero-order chi connectivity index (χ0) is 11.2. The van der Waals surface area contributed by atoms with Crippen molar-refractivity contribution in [1.29, 1.82) is 0 Å². The molecule has 0 aliphatic carbocycles. The lowest BCUT2D eigenvalue weighted by Gasteiger charge is -2.14. The van der Waals surface area contributed by atoms with Crippen LogP contribution in [0.4, 0.5) is 13.2 Å². The average Bonchev–Trinajstić information content (AvgIpc) is 1.98. The number of nitrogens with one attached hydrogen (secondary N) is 1. The molecule has 0 aromatic carbocycles. The number of hydrogen-bond acceptors (Lipinski definition) is 1. The van der Waals surface area contributed by atoms with Crippen molar-refractivity contribution >= 4 is 0 Å². The van der Waals surface area contributed by atoms with Crippen molar-refractivity contribution in [2.24, 2.45) is 0 Å². The van der Waals surface area contributed by atoms with Crippen LogP contribution in [-0.2, 0) is 0 Å². The Balaban J connectivity index is 3.45. The Morgan fingerprint density at radius 1 is 1.43 bits per heavy atom. The molecule has 0 radical (unpaired) electrons. The van der Waals surface area contributed by atoms with Crippen LogP contribution >= 0.6 is 0 Å². The first-order valence-electron chi connectivity index (χ1n) is 4.76. The fourth-order valence-electron chi connectivity index (χ4n) is 1.06. The SMILES string of the molecule is C=C(C)CNC(C)CCCC(F)(F)F. The van der Waals surface area contributed by atoms with Crippen molar-refractivity contribution in [2.75, 3.05) is 6.54 Å². The van der Waals surface area contributed by atoms with Crippen LogP contribution in [0.15, 0.2) is 12.2 Å². The molecule has 14 heavy (non-hydrogen) atoms. The molecule has 0 amide bonds. The van der Waals surface area contributed by atoms with E-state index in [1.54, 1.807) is 0 Å². The van der Waals surface area contributed by atoms with Crippen LogP contribution in [0.5, 0.6) is 0 Å². The summed E-state index contributed by atoms with van der Waals surface area (Å²) in [5.41, 5.74) is 0.993. The van der Waals surface area contributed by atoms with E-state index in [-0.39, 0.29) is 12.5 Å². The second-order valence-corrected chi connectivity index (χ2v) is 3.75. The van der Waals surface area contributed by atoms with E-state index in [1.165, 1.54) is 0 Å². The topological polar surface area (TPSA) is 12.0 Å². The van der Waals surface area contributed by atoms with Crippen LogP contribution in [0.3, 0.4) is 0 Å². The maximum Gasteiger partial charge on any atom is 0.389 e. The third-order valence-electron chi connectivity index (χ3n) is 1.85. The molecule has 0 saturated carbocycles. The third-order valence-corrected chi connectivity index (χ3v) is 1.85. The number of alkyl halides is 3. The summed E-state index contributed by atoms with van der Waals surface area (Å²) in [5, 5.41) is 3.10. The van der Waals surface area contributed by atoms with E-state index in [9.17, 15) is 13.2 Å². The first kappa shape index (κ1) is 13.5. The number of rotatable bonds is 6. The van der Waals surface area contributed by atoms with Crippen LogP contribution < -0.4 is 5.32 Å². The zero-order valence-corrected chi connectivity index (χ0v) is 8.75. The van der Waals surface area contributed by atoms with Gasteiger partial charge in [-0.3, -0.25) is 0 Å². The Morgan fingerprint density at radius 3 is 2.43 bits per heavy atom. The third kappa shape index (κ3) is 9.58. The number of halogens is 3. The van der Waals surface area contributed by atoms with Gasteiger partial charge in [-0.05, 0) is 26.7 Å². The molecule has 1 N–H and O–H groups in total. The van der Waals surface area contributed by atoms with Crippen molar-refractivity contribution in [3.05, 3.63) is 12.2 Å². The van der Waals surface area contributed by atoms with Crippen LogP contribution in [0.2, 0.25) is 0 Å². The van der Waals surface area contributed by atoms with Crippen molar-refractivity contribution in [3.63, 3.8) is 0 Å². The Hall–Kier alpha value is -0.510. The molecule has 84 valence electrons. The lowest BCUT2D eigenvalue weighted by atomic mass is 10.1. The predicted octanol–water partition coefficient (Wildman–Crippen LogP) is 3.27. The molecule has 0 aromatic rings. The van der Waals surface area contributed by atoms with Gasteiger partial charge in [-0.15, -0.1) is 0 Å². The van der Waals surface area contributed by atoms with Crippen molar-refractivity contribution in [2.45, 2.75) is 45.3 Å². The first-order chi connectivity index (χ1) is 6.31. The summed E-state index contributed by atoms with van der Waals surface area (Å²) in [7, 11) is 0. The van der Waals surface area contributed by atoms with E-state index >= 15 is 0 Å². The fourth-order valence-corrected chi connectivity index (χ4v) is 1.06. The summed E-state index contributed by atoms with van der Waals surface area (Å²) in [6, 6.07) is 0.119. The molecule has 1 nitrogen and oxygen atoms in total. The zero-order valence-electron chi connectivity index (χ0n) is 8.75. The summed E-state index contributed by atoms with van der Waals surface area (Å²) < 4.78 is 35.4. The highest BCUT2D eigenvalue weighted by Gasteiger charge is 2.26. The Kier molecular flexibility index (Phi) is 5.84. The summed E-state index contributed by atoms with van der Waals surface area (Å²) in [6.07, 6.45) is -3.97. The molecule has 0 aromatic heterocycles. The fraction of sp³-hybridized carbons (Fsp3) is 0.800. The lowest BCUT2D eigenvalue weighted by Crippen LogP contribution is -2.27. The van der Waals surface area contributed by atoms with Gasteiger partial charge >= 0.3 is 6.18 Å². The van der Waals surface area contributed by atoms with Gasteiger partial charge in [0.05, 0.1) is 0 Å². The van der Waals surface area contributed by atoms with Gasteiger partial charge in [0, 0.05) is 19.0 Å². The van der Waals surface area contributed by atoms with Crippen LogP contribution in [-0.4, -0.2) is 18.8 Å². The summed E-state index contributed by atoms with van der Waals surface area (Å²) >= 11 is 0. The molecular weight excluding hydrogens is 191 g/mol. The molecule has 0 spiro atoms. The Bertz CT molecular complexity index is 175. The van der Waals surface area contributed by atoms with Crippen LogP contribution in [0.1, 0.15) is 33.1 Å². The predicted molar refractivity (Wildman–Crippen MR) is 52.2 cm³/mol. The molecule has 0 heterocycles. The second kappa shape index (κ2) is 6.06. The molecule has 0 bridgehead atoms.